The van der Waals surface area contributed by atoms with Gasteiger partial charge < -0.3 is 4.90 Å². The molecule has 0 spiro atoms. The largest absolute Gasteiger partial charge is 0.345 e. The van der Waals surface area contributed by atoms with Gasteiger partial charge in [0.05, 0.1) is 0 Å². The normalized spacial score (nSPS) is 32.8. The Balaban J connectivity index is 1.77. The van der Waals surface area contributed by atoms with Gasteiger partial charge in [-0.3, -0.25) is 4.79 Å². The van der Waals surface area contributed by atoms with Crippen molar-refractivity contribution in [3.05, 3.63) is 0 Å². The van der Waals surface area contributed by atoms with Crippen molar-refractivity contribution in [1.82, 2.24) is 4.90 Å². The first-order chi connectivity index (χ1) is 8.10. The van der Waals surface area contributed by atoms with Crippen molar-refractivity contribution < 1.29 is 4.79 Å². The lowest BCUT2D eigenvalue weighted by Gasteiger charge is -2.25. The molecule has 98 valence electrons. The van der Waals surface area contributed by atoms with Gasteiger partial charge in [-0.25, -0.2) is 0 Å². The summed E-state index contributed by atoms with van der Waals surface area (Å²) in [6, 6.07) is 0. The van der Waals surface area contributed by atoms with Crippen LogP contribution in [0, 0.1) is 23.7 Å². The van der Waals surface area contributed by atoms with Crippen LogP contribution in [-0.2, 0) is 4.79 Å². The molecule has 2 nitrogen and oxygen atoms in total. The Morgan fingerprint density at radius 2 is 2.12 bits per heavy atom. The van der Waals surface area contributed by atoms with Crippen LogP contribution in [0.5, 0.6) is 0 Å². The predicted molar refractivity (Wildman–Crippen MR) is 70.6 cm³/mol. The fraction of sp³-hybridized carbons (Fsp3) is 0.933. The van der Waals surface area contributed by atoms with Gasteiger partial charge in [-0.1, -0.05) is 26.7 Å². The van der Waals surface area contributed by atoms with Crippen LogP contribution >= 0.6 is 0 Å². The summed E-state index contributed by atoms with van der Waals surface area (Å²) in [6.07, 6.45) is 7.52. The molecule has 2 rings (SSSR count). The first-order valence-electron chi connectivity index (χ1n) is 7.34. The van der Waals surface area contributed by atoms with Gasteiger partial charge in [0.2, 0.25) is 5.91 Å². The highest BCUT2D eigenvalue weighted by atomic mass is 16.2. The van der Waals surface area contributed by atoms with Crippen LogP contribution in [0.25, 0.3) is 0 Å². The maximum absolute atomic E-state index is 12.2. The molecule has 2 bridgehead atoms. The summed E-state index contributed by atoms with van der Waals surface area (Å²) in [5, 5.41) is 0. The third-order valence-electron chi connectivity index (χ3n) is 5.03. The minimum atomic E-state index is 0.378. The third-order valence-corrected chi connectivity index (χ3v) is 5.03. The van der Waals surface area contributed by atoms with Gasteiger partial charge in [-0.2, -0.15) is 0 Å². The molecule has 1 amide bonds. The second kappa shape index (κ2) is 5.41. The highest BCUT2D eigenvalue weighted by molar-refractivity contribution is 5.76. The average Bonchev–Trinajstić information content (AvgIpc) is 2.90. The Bertz CT molecular complexity index is 276. The molecular weight excluding hydrogens is 210 g/mol. The first kappa shape index (κ1) is 12.9. The molecule has 0 heterocycles. The number of hydrogen-bond acceptors (Lipinski definition) is 1. The molecule has 0 aromatic carbocycles. The minimum Gasteiger partial charge on any atom is -0.345 e. The smallest absolute Gasteiger partial charge is 0.222 e. The molecule has 0 unspecified atom stereocenters. The summed E-state index contributed by atoms with van der Waals surface area (Å²) in [7, 11) is 1.97. The molecule has 2 heteroatoms. The number of nitrogens with zero attached hydrogens (tertiary/aromatic N) is 1. The SMILES string of the molecule is CC[C@H](C)CN(C)C(=O)C[C@H]1C[C@H]2CC[C@H]1C2. The summed E-state index contributed by atoms with van der Waals surface area (Å²) in [5.41, 5.74) is 0. The lowest BCUT2D eigenvalue weighted by atomic mass is 9.86. The van der Waals surface area contributed by atoms with Crippen molar-refractivity contribution >= 4 is 5.91 Å². The van der Waals surface area contributed by atoms with E-state index in [-0.39, 0.29) is 0 Å². The van der Waals surface area contributed by atoms with Gasteiger partial charge in [0.25, 0.3) is 0 Å². The van der Waals surface area contributed by atoms with E-state index < -0.39 is 0 Å². The van der Waals surface area contributed by atoms with Crippen LogP contribution in [0.2, 0.25) is 0 Å². The maximum Gasteiger partial charge on any atom is 0.222 e. The number of amides is 1. The third kappa shape index (κ3) is 3.02. The van der Waals surface area contributed by atoms with Crippen LogP contribution in [0.3, 0.4) is 0 Å². The Labute approximate surface area is 106 Å². The van der Waals surface area contributed by atoms with Crippen molar-refractivity contribution in [3.8, 4) is 0 Å². The topological polar surface area (TPSA) is 20.3 Å². The van der Waals surface area contributed by atoms with Gasteiger partial charge in [0, 0.05) is 20.0 Å². The second-order valence-electron chi connectivity index (χ2n) is 6.43. The van der Waals surface area contributed by atoms with E-state index in [9.17, 15) is 4.79 Å². The van der Waals surface area contributed by atoms with Crippen molar-refractivity contribution in [2.24, 2.45) is 23.7 Å². The fourth-order valence-corrected chi connectivity index (χ4v) is 3.71. The standard InChI is InChI=1S/C15H27NO/c1-4-11(2)10-16(3)15(17)9-14-8-12-5-6-13(14)7-12/h11-14H,4-10H2,1-3H3/t11-,12-,13-,14+/m0/s1. The Hall–Kier alpha value is -0.530. The predicted octanol–water partition coefficient (Wildman–Crippen LogP) is 3.32. The van der Waals surface area contributed by atoms with Crippen molar-refractivity contribution in [1.29, 1.82) is 0 Å². The van der Waals surface area contributed by atoms with E-state index in [0.29, 0.717) is 17.7 Å². The van der Waals surface area contributed by atoms with E-state index >= 15 is 0 Å². The molecule has 2 aliphatic carbocycles. The summed E-state index contributed by atoms with van der Waals surface area (Å²) in [5.74, 6) is 3.55. The fourth-order valence-electron chi connectivity index (χ4n) is 3.71. The number of carbonyl (C=O) groups is 1. The van der Waals surface area contributed by atoms with Crippen LogP contribution < -0.4 is 0 Å². The van der Waals surface area contributed by atoms with Gasteiger partial charge in [0.15, 0.2) is 0 Å². The summed E-state index contributed by atoms with van der Waals surface area (Å²) in [6.45, 7) is 5.34. The van der Waals surface area contributed by atoms with E-state index in [2.05, 4.69) is 13.8 Å². The molecule has 0 aromatic rings. The number of fused-ring (bicyclic) bond motifs is 2. The average molecular weight is 237 g/mol. The second-order valence-corrected chi connectivity index (χ2v) is 6.43. The van der Waals surface area contributed by atoms with Gasteiger partial charge in [-0.05, 0) is 42.9 Å². The first-order valence-corrected chi connectivity index (χ1v) is 7.34. The van der Waals surface area contributed by atoms with E-state index in [0.717, 1.165) is 31.2 Å². The van der Waals surface area contributed by atoms with Crippen molar-refractivity contribution in [2.45, 2.75) is 52.4 Å². The zero-order valence-corrected chi connectivity index (χ0v) is 11.6. The van der Waals surface area contributed by atoms with E-state index in [1.165, 1.54) is 25.7 Å². The molecule has 4 atom stereocenters. The molecule has 0 N–H and O–H groups in total. The van der Waals surface area contributed by atoms with Crippen molar-refractivity contribution in [3.63, 3.8) is 0 Å². The monoisotopic (exact) mass is 237 g/mol. The summed E-state index contributed by atoms with van der Waals surface area (Å²) in [4.78, 5) is 14.1. The van der Waals surface area contributed by atoms with E-state index in [1.807, 2.05) is 11.9 Å². The summed E-state index contributed by atoms with van der Waals surface area (Å²) >= 11 is 0. The van der Waals surface area contributed by atoms with Crippen LogP contribution in [0.4, 0.5) is 0 Å². The van der Waals surface area contributed by atoms with E-state index in [1.54, 1.807) is 0 Å². The molecule has 0 aliphatic heterocycles. The number of carbonyl (C=O) groups excluding carboxylic acids is 1. The number of rotatable bonds is 5. The molecule has 2 aliphatic rings. The number of hydrogen-bond donors (Lipinski definition) is 0. The van der Waals surface area contributed by atoms with Gasteiger partial charge in [-0.15, -0.1) is 0 Å². The maximum atomic E-state index is 12.2. The highest BCUT2D eigenvalue weighted by Gasteiger charge is 2.40. The van der Waals surface area contributed by atoms with Crippen LogP contribution in [0.1, 0.15) is 52.4 Å². The zero-order valence-electron chi connectivity index (χ0n) is 11.6. The Morgan fingerprint density at radius 3 is 2.65 bits per heavy atom. The molecule has 2 fully saturated rings. The molecule has 17 heavy (non-hydrogen) atoms. The molecule has 0 saturated heterocycles. The molecular formula is C15H27NO. The van der Waals surface area contributed by atoms with E-state index in [4.69, 9.17) is 0 Å². The summed E-state index contributed by atoms with van der Waals surface area (Å²) < 4.78 is 0. The van der Waals surface area contributed by atoms with Crippen molar-refractivity contribution in [2.75, 3.05) is 13.6 Å². The molecule has 2 saturated carbocycles. The molecule has 0 radical (unpaired) electrons. The molecule has 0 aromatic heterocycles. The lowest BCUT2D eigenvalue weighted by Crippen LogP contribution is -2.33. The van der Waals surface area contributed by atoms with Crippen LogP contribution in [0.15, 0.2) is 0 Å². The Morgan fingerprint density at radius 1 is 1.35 bits per heavy atom. The quantitative estimate of drug-likeness (QED) is 0.718. The van der Waals surface area contributed by atoms with Crippen LogP contribution in [-0.4, -0.2) is 24.4 Å². The zero-order chi connectivity index (χ0) is 12.4. The highest BCUT2D eigenvalue weighted by Crippen LogP contribution is 2.49. The Kier molecular flexibility index (Phi) is 4.11. The minimum absolute atomic E-state index is 0.378. The van der Waals surface area contributed by atoms with Gasteiger partial charge in [0.1, 0.15) is 0 Å². The van der Waals surface area contributed by atoms with Gasteiger partial charge >= 0.3 is 0 Å². The lowest BCUT2D eigenvalue weighted by molar-refractivity contribution is -0.131.